The molecule has 1 saturated heterocycles. The number of rotatable bonds is 19. The number of carbonyl (C=O) groups excluding carboxylic acids is 12. The summed E-state index contributed by atoms with van der Waals surface area (Å²) >= 11 is 0. The van der Waals surface area contributed by atoms with E-state index < -0.39 is 168 Å². The zero-order chi connectivity index (χ0) is 73.0. The van der Waals surface area contributed by atoms with Crippen LogP contribution in [0.2, 0.25) is 0 Å². The van der Waals surface area contributed by atoms with Crippen molar-refractivity contribution in [2.75, 3.05) is 48.8 Å². The average molecular weight is 1340 g/mol. The molecular weight excluding hydrogens is 1220 g/mol. The van der Waals surface area contributed by atoms with Crippen molar-refractivity contribution in [1.82, 2.24) is 56.0 Å². The highest BCUT2D eigenvalue weighted by atomic mass is 16.6. The van der Waals surface area contributed by atoms with E-state index in [0.29, 0.717) is 0 Å². The Morgan fingerprint density at radius 2 is 0.926 bits per heavy atom. The van der Waals surface area contributed by atoms with Crippen LogP contribution in [0.5, 0.6) is 0 Å². The van der Waals surface area contributed by atoms with Crippen LogP contribution >= 0.6 is 0 Å². The van der Waals surface area contributed by atoms with Crippen LogP contribution in [0.4, 0.5) is 0 Å². The van der Waals surface area contributed by atoms with Crippen molar-refractivity contribution in [2.45, 2.75) is 235 Å². The molecule has 26 nitrogen and oxygen atoms in total. The zero-order valence-corrected chi connectivity index (χ0v) is 61.0. The second-order valence-corrected chi connectivity index (χ2v) is 28.9. The van der Waals surface area contributed by atoms with Gasteiger partial charge in [0.25, 0.3) is 5.91 Å². The first-order valence-corrected chi connectivity index (χ1v) is 33.6. The second kappa shape index (κ2) is 38.5. The monoisotopic (exact) mass is 1340 g/mol. The molecule has 11 amide bonds. The summed E-state index contributed by atoms with van der Waals surface area (Å²) in [6, 6.07) is -3.77. The molecule has 7 N–H and O–H groups in total. The molecule has 538 valence electrons. The molecule has 13 atom stereocenters. The van der Waals surface area contributed by atoms with Gasteiger partial charge in [-0.1, -0.05) is 134 Å². The van der Waals surface area contributed by atoms with Crippen LogP contribution in [0, 0.1) is 47.3 Å². The molecule has 1 aromatic rings. The van der Waals surface area contributed by atoms with Crippen molar-refractivity contribution in [3.8, 4) is 0 Å². The molecule has 0 aliphatic carbocycles. The number of hydrogen-bond donors (Lipinski definition) is 7. The van der Waals surface area contributed by atoms with Crippen LogP contribution in [0.3, 0.4) is 0 Å². The Hall–Kier alpha value is -7.22. The van der Waals surface area contributed by atoms with Crippen molar-refractivity contribution in [1.29, 1.82) is 0 Å². The Kier molecular flexibility index (Phi) is 34.0. The molecule has 0 saturated carbocycles. The third-order valence-electron chi connectivity index (χ3n) is 17.2. The molecule has 0 unspecified atom stereocenters. The number of hydrogen-bond acceptors (Lipinski definition) is 15. The maximum absolute atomic E-state index is 15.3. The van der Waals surface area contributed by atoms with Gasteiger partial charge in [-0.2, -0.15) is 0 Å². The largest absolute Gasteiger partial charge is 0.450 e. The van der Waals surface area contributed by atoms with Gasteiger partial charge < -0.3 is 70.9 Å². The zero-order valence-electron chi connectivity index (χ0n) is 61.0. The quantitative estimate of drug-likeness (QED) is 0.0979. The van der Waals surface area contributed by atoms with Crippen molar-refractivity contribution in [3.63, 3.8) is 0 Å². The van der Waals surface area contributed by atoms with E-state index in [1.54, 1.807) is 52.0 Å². The molecule has 26 heteroatoms. The highest BCUT2D eigenvalue weighted by Gasteiger charge is 2.46. The lowest BCUT2D eigenvalue weighted by Gasteiger charge is -2.40. The Balaban J connectivity index is 3.04. The average Bonchev–Trinajstić information content (AvgIpc) is 0.820. The summed E-state index contributed by atoms with van der Waals surface area (Å²) in [5, 5.41) is 37.3. The smallest absolute Gasteiger partial charge is 0.329 e. The van der Waals surface area contributed by atoms with Crippen LogP contribution in [0.1, 0.15) is 162 Å². The third kappa shape index (κ3) is 25.1. The summed E-state index contributed by atoms with van der Waals surface area (Å²) in [5.41, 5.74) is 0.784. The highest BCUT2D eigenvalue weighted by molar-refractivity contribution is 5.99. The third-order valence-corrected chi connectivity index (χ3v) is 17.2. The lowest BCUT2D eigenvalue weighted by atomic mass is 9.91. The molecule has 95 heavy (non-hydrogen) atoms. The molecule has 0 bridgehead atoms. The van der Waals surface area contributed by atoms with Gasteiger partial charge in [-0.05, 0) is 98.9 Å². The summed E-state index contributed by atoms with van der Waals surface area (Å²) < 4.78 is 5.90. The minimum absolute atomic E-state index is 0.0401. The predicted molar refractivity (Wildman–Crippen MR) is 360 cm³/mol. The number of cyclic esters (lactones) is 1. The van der Waals surface area contributed by atoms with Crippen LogP contribution in [-0.4, -0.2) is 232 Å². The van der Waals surface area contributed by atoms with E-state index in [-0.39, 0.29) is 74.7 Å². The Morgan fingerprint density at radius 1 is 0.505 bits per heavy atom. The van der Waals surface area contributed by atoms with Gasteiger partial charge >= 0.3 is 5.97 Å². The summed E-state index contributed by atoms with van der Waals surface area (Å²) in [6.45, 7) is 28.3. The van der Waals surface area contributed by atoms with E-state index in [1.165, 1.54) is 68.0 Å². The number of ether oxygens (including phenoxy) is 1. The van der Waals surface area contributed by atoms with Gasteiger partial charge in [0, 0.05) is 55.3 Å². The van der Waals surface area contributed by atoms with Crippen LogP contribution in [0.15, 0.2) is 30.3 Å². The van der Waals surface area contributed by atoms with Gasteiger partial charge in [-0.15, -0.1) is 0 Å². The first-order chi connectivity index (χ1) is 44.0. The number of benzene rings is 1. The first-order valence-electron chi connectivity index (χ1n) is 33.6. The van der Waals surface area contributed by atoms with Crippen LogP contribution in [-0.2, 0) is 68.8 Å². The van der Waals surface area contributed by atoms with Crippen LogP contribution < -0.4 is 26.6 Å². The number of esters is 1. The molecule has 1 aliphatic heterocycles. The Morgan fingerprint density at radius 3 is 1.36 bits per heavy atom. The SMILES string of the molecule is CC(C)C[C@@H]1C(=O)N[C@H](CC(C)C)C(=O)N(C)[C@H](C(C)C)C(=O)N(C)[C@H]([C@H](O)[C@H](C)CC(=O)NCc2ccccc2)C(=O)N[C@H]([C@@H](C)O)C(=O)N(C)CC(=O)N(C)[C@@H](CC(C)C)C(=O)N[C@H](CC(C)C)C(=O)N(C)[C@H](CC(C)C)C(=O)N[C@H](C)C(=O)O[C@@H](C(C)C)C(=O)N1C. The van der Waals surface area contributed by atoms with E-state index >= 15 is 14.4 Å². The molecular formula is C69H117N11O15. The van der Waals surface area contributed by atoms with E-state index in [0.717, 1.165) is 30.1 Å². The predicted octanol–water partition coefficient (Wildman–Crippen LogP) is 3.09. The number of carbonyl (C=O) groups is 12. The number of likely N-dealkylation sites (N-methyl/N-ethyl adjacent to an activating group) is 6. The van der Waals surface area contributed by atoms with Crippen molar-refractivity contribution >= 4 is 70.9 Å². The second-order valence-electron chi connectivity index (χ2n) is 28.9. The van der Waals surface area contributed by atoms with Crippen molar-refractivity contribution in [2.24, 2.45) is 47.3 Å². The molecule has 0 radical (unpaired) electrons. The van der Waals surface area contributed by atoms with Gasteiger partial charge in [0.05, 0.1) is 18.8 Å². The summed E-state index contributed by atoms with van der Waals surface area (Å²) in [4.78, 5) is 182. The van der Waals surface area contributed by atoms with Gasteiger partial charge in [0.2, 0.25) is 59.1 Å². The van der Waals surface area contributed by atoms with Gasteiger partial charge in [-0.25, -0.2) is 4.79 Å². The molecule has 2 rings (SSSR count). The van der Waals surface area contributed by atoms with Gasteiger partial charge in [-0.3, -0.25) is 52.7 Å². The number of amides is 11. The fourth-order valence-corrected chi connectivity index (χ4v) is 11.6. The van der Waals surface area contributed by atoms with E-state index in [1.807, 2.05) is 75.3 Å². The standard InChI is InChI=1S/C69H117N11O15/c1-37(2)29-48-64(89)77(20)51(32-40(7)8)60(85)71-45(16)69(94)95-59(43(13)14)68(93)78(21)52(33-41(9)10)62(87)73-49(30-38(3)4)65(90)79(22)56(42(11)12)67(92)80(23)57(58(84)44(15)34-53(82)70-35-47-27-25-24-26-28-47)63(88)74-55(46(17)81)66(91)75(18)36-54(83)76(19)50(31-39(5)6)61(86)72-48/h24-28,37-46,48-52,55-59,81,84H,29-36H2,1-23H3,(H,70,82)(H,71,85)(H,72,86)(H,73,87)(H,74,88)/t44-,45-,46-,48-,49-,50+,51-,52-,55-,56-,57-,58-,59+/m1/s1. The molecule has 1 fully saturated rings. The lowest BCUT2D eigenvalue weighted by molar-refractivity contribution is -0.166. The number of aliphatic hydroxyl groups excluding tert-OH is 2. The molecule has 1 heterocycles. The molecule has 1 aliphatic rings. The summed E-state index contributed by atoms with van der Waals surface area (Å²) in [7, 11) is 7.94. The Labute approximate surface area is 564 Å². The fraction of sp³-hybridized carbons (Fsp3) is 0.739. The summed E-state index contributed by atoms with van der Waals surface area (Å²) in [6.07, 6.45) is -4.99. The fourth-order valence-electron chi connectivity index (χ4n) is 11.6. The first kappa shape index (κ1) is 83.9. The Bertz CT molecular complexity index is 2760. The van der Waals surface area contributed by atoms with Gasteiger partial charge in [0.1, 0.15) is 54.4 Å². The van der Waals surface area contributed by atoms with Crippen molar-refractivity contribution in [3.05, 3.63) is 35.9 Å². The van der Waals surface area contributed by atoms with Gasteiger partial charge in [0.15, 0.2) is 6.10 Å². The normalized spacial score (nSPS) is 25.4. The molecule has 1 aromatic carbocycles. The maximum Gasteiger partial charge on any atom is 0.329 e. The van der Waals surface area contributed by atoms with E-state index in [4.69, 9.17) is 4.74 Å². The number of nitrogens with one attached hydrogen (secondary N) is 5. The van der Waals surface area contributed by atoms with Crippen molar-refractivity contribution < 1.29 is 72.5 Å². The minimum Gasteiger partial charge on any atom is -0.450 e. The number of aliphatic hydroxyl groups is 2. The van der Waals surface area contributed by atoms with Crippen LogP contribution in [0.25, 0.3) is 0 Å². The van der Waals surface area contributed by atoms with E-state index in [2.05, 4.69) is 26.6 Å². The summed E-state index contributed by atoms with van der Waals surface area (Å²) in [5.74, 6) is -13.2. The topological polar surface area (TPSA) is 334 Å². The van der Waals surface area contributed by atoms with E-state index in [9.17, 15) is 53.4 Å². The minimum atomic E-state index is -1.93. The molecule has 0 aromatic heterocycles. The molecule has 0 spiro atoms. The number of nitrogens with zero attached hydrogens (tertiary/aromatic N) is 6. The lowest BCUT2D eigenvalue weighted by Crippen LogP contribution is -2.64. The maximum atomic E-state index is 15.3. The highest BCUT2D eigenvalue weighted by Crippen LogP contribution is 2.25.